The Morgan fingerprint density at radius 2 is 2.05 bits per heavy atom. The lowest BCUT2D eigenvalue weighted by molar-refractivity contribution is 0.0701. The monoisotopic (exact) mass is 263 g/mol. The first-order valence-corrected chi connectivity index (χ1v) is 5.56. The van der Waals surface area contributed by atoms with E-state index in [9.17, 15) is 9.59 Å². The maximum atomic E-state index is 11.8. The molecule has 0 bridgehead atoms. The van der Waals surface area contributed by atoms with Gasteiger partial charge >= 0.3 is 5.63 Å². The van der Waals surface area contributed by atoms with Crippen LogP contribution in [0.3, 0.4) is 0 Å². The smallest absolute Gasteiger partial charge is 0.349 e. The Balaban J connectivity index is 2.92. The Morgan fingerprint density at radius 1 is 1.37 bits per heavy atom. The second-order valence-corrected chi connectivity index (χ2v) is 4.17. The molecule has 100 valence electrons. The molecule has 1 aromatic heterocycles. The zero-order chi connectivity index (χ0) is 14.2. The van der Waals surface area contributed by atoms with Gasteiger partial charge in [0.15, 0.2) is 11.3 Å². The van der Waals surface area contributed by atoms with Crippen LogP contribution in [0.15, 0.2) is 21.3 Å². The van der Waals surface area contributed by atoms with Crippen molar-refractivity contribution in [2.45, 2.75) is 13.8 Å². The molecule has 0 fully saturated rings. The minimum absolute atomic E-state index is 0.220. The third kappa shape index (κ3) is 2.06. The van der Waals surface area contributed by atoms with E-state index in [2.05, 4.69) is 0 Å². The first kappa shape index (κ1) is 13.1. The van der Waals surface area contributed by atoms with Gasteiger partial charge in [0.1, 0.15) is 5.56 Å². The topological polar surface area (TPSA) is 88.8 Å². The first-order chi connectivity index (χ1) is 8.99. The maximum Gasteiger partial charge on any atom is 0.349 e. The summed E-state index contributed by atoms with van der Waals surface area (Å²) >= 11 is 0. The van der Waals surface area contributed by atoms with Crippen molar-refractivity contribution < 1.29 is 19.2 Å². The molecule has 0 atom stereocenters. The summed E-state index contributed by atoms with van der Waals surface area (Å²) in [5.74, 6) is -0.472. The molecule has 0 saturated carbocycles. The Labute approximate surface area is 108 Å². The highest BCUT2D eigenvalue weighted by atomic mass is 16.5. The average Bonchev–Trinajstić information content (AvgIpc) is 2.38. The van der Waals surface area contributed by atoms with Crippen LogP contribution in [0.1, 0.15) is 21.5 Å². The number of fused-ring (bicyclic) bond motifs is 1. The second-order valence-electron chi connectivity index (χ2n) is 4.17. The lowest BCUT2D eigenvalue weighted by Gasteiger charge is -2.10. The number of benzene rings is 1. The van der Waals surface area contributed by atoms with Crippen LogP contribution in [0, 0.1) is 13.8 Å². The average molecular weight is 263 g/mol. The molecular formula is C13H13NO5. The van der Waals surface area contributed by atoms with E-state index in [1.165, 1.54) is 12.6 Å². The minimum Gasteiger partial charge on any atom is -0.493 e. The van der Waals surface area contributed by atoms with Crippen LogP contribution < -0.4 is 15.8 Å². The number of carbonyl (C=O) groups is 1. The van der Waals surface area contributed by atoms with Crippen molar-refractivity contribution in [3.8, 4) is 5.75 Å². The van der Waals surface area contributed by atoms with Gasteiger partial charge in [0.05, 0.1) is 7.11 Å². The van der Waals surface area contributed by atoms with E-state index in [1.807, 2.05) is 6.92 Å². The van der Waals surface area contributed by atoms with Gasteiger partial charge in [-0.2, -0.15) is 0 Å². The van der Waals surface area contributed by atoms with Crippen molar-refractivity contribution in [1.29, 1.82) is 0 Å². The number of hydrogen-bond acceptors (Lipinski definition) is 5. The van der Waals surface area contributed by atoms with Crippen LogP contribution in [0.5, 0.6) is 5.75 Å². The molecule has 19 heavy (non-hydrogen) atoms. The number of amides is 1. The Hall–Kier alpha value is -2.34. The van der Waals surface area contributed by atoms with Crippen LogP contribution in [-0.4, -0.2) is 18.2 Å². The van der Waals surface area contributed by atoms with Crippen molar-refractivity contribution >= 4 is 16.9 Å². The molecule has 6 heteroatoms. The lowest BCUT2D eigenvalue weighted by atomic mass is 10.0. The summed E-state index contributed by atoms with van der Waals surface area (Å²) < 4.78 is 10.3. The Kier molecular flexibility index (Phi) is 3.26. The number of nitrogens with one attached hydrogen (secondary N) is 1. The zero-order valence-electron chi connectivity index (χ0n) is 10.7. The number of hydrogen-bond donors (Lipinski definition) is 2. The summed E-state index contributed by atoms with van der Waals surface area (Å²) in [6.45, 7) is 3.47. The van der Waals surface area contributed by atoms with Crippen LogP contribution in [0.4, 0.5) is 0 Å². The fraction of sp³-hybridized carbons (Fsp3) is 0.231. The SMILES string of the molecule is COc1cc(C)cc2c(C)c(C(=O)NO)c(=O)oc12. The van der Waals surface area contributed by atoms with Crippen molar-refractivity contribution in [3.05, 3.63) is 39.2 Å². The van der Waals surface area contributed by atoms with Crippen LogP contribution >= 0.6 is 0 Å². The van der Waals surface area contributed by atoms with Gasteiger partial charge in [0, 0.05) is 5.39 Å². The summed E-state index contributed by atoms with van der Waals surface area (Å²) in [6.07, 6.45) is 0. The van der Waals surface area contributed by atoms with Gasteiger partial charge in [0.2, 0.25) is 0 Å². The van der Waals surface area contributed by atoms with E-state index in [0.29, 0.717) is 16.7 Å². The van der Waals surface area contributed by atoms with E-state index < -0.39 is 11.5 Å². The predicted molar refractivity (Wildman–Crippen MR) is 67.8 cm³/mol. The third-order valence-corrected chi connectivity index (χ3v) is 2.93. The highest BCUT2D eigenvalue weighted by Crippen LogP contribution is 2.29. The standard InChI is InChI=1S/C13H13NO5/c1-6-4-8-7(2)10(12(15)14-17)13(16)19-11(8)9(5-6)18-3/h4-5,17H,1-3H3,(H,14,15). The molecular weight excluding hydrogens is 250 g/mol. The van der Waals surface area contributed by atoms with E-state index in [1.54, 1.807) is 19.1 Å². The first-order valence-electron chi connectivity index (χ1n) is 5.56. The summed E-state index contributed by atoms with van der Waals surface area (Å²) in [7, 11) is 1.47. The lowest BCUT2D eigenvalue weighted by Crippen LogP contribution is -2.26. The van der Waals surface area contributed by atoms with E-state index >= 15 is 0 Å². The number of aryl methyl sites for hydroxylation is 2. The summed E-state index contributed by atoms with van der Waals surface area (Å²) in [6, 6.07) is 3.51. The van der Waals surface area contributed by atoms with Gasteiger partial charge in [-0.3, -0.25) is 10.0 Å². The Bertz CT molecular complexity index is 717. The summed E-state index contributed by atoms with van der Waals surface area (Å²) in [4.78, 5) is 23.3. The number of carbonyl (C=O) groups excluding carboxylic acids is 1. The largest absolute Gasteiger partial charge is 0.493 e. The van der Waals surface area contributed by atoms with Crippen molar-refractivity contribution in [1.82, 2.24) is 5.48 Å². The fourth-order valence-electron chi connectivity index (χ4n) is 2.03. The fourth-order valence-corrected chi connectivity index (χ4v) is 2.03. The molecule has 6 nitrogen and oxygen atoms in total. The van der Waals surface area contributed by atoms with Crippen molar-refractivity contribution in [2.24, 2.45) is 0 Å². The molecule has 2 N–H and O–H groups in total. The molecule has 1 amide bonds. The highest BCUT2D eigenvalue weighted by Gasteiger charge is 2.20. The molecule has 0 aliphatic rings. The number of methoxy groups -OCH3 is 1. The quantitative estimate of drug-likeness (QED) is 0.487. The molecule has 0 radical (unpaired) electrons. The molecule has 0 unspecified atom stereocenters. The molecule has 0 spiro atoms. The van der Waals surface area contributed by atoms with Gasteiger partial charge in [-0.1, -0.05) is 0 Å². The number of ether oxygens (including phenoxy) is 1. The molecule has 1 aromatic carbocycles. The van der Waals surface area contributed by atoms with Gasteiger partial charge in [0.25, 0.3) is 5.91 Å². The van der Waals surface area contributed by atoms with E-state index in [-0.39, 0.29) is 11.1 Å². The van der Waals surface area contributed by atoms with Crippen LogP contribution in [0.25, 0.3) is 11.0 Å². The zero-order valence-corrected chi connectivity index (χ0v) is 10.7. The van der Waals surface area contributed by atoms with E-state index in [0.717, 1.165) is 5.56 Å². The van der Waals surface area contributed by atoms with Crippen molar-refractivity contribution in [3.63, 3.8) is 0 Å². The molecule has 0 saturated heterocycles. The van der Waals surface area contributed by atoms with Gasteiger partial charge in [-0.25, -0.2) is 10.3 Å². The molecule has 2 rings (SSSR count). The molecule has 1 heterocycles. The van der Waals surface area contributed by atoms with Gasteiger partial charge < -0.3 is 9.15 Å². The summed E-state index contributed by atoms with van der Waals surface area (Å²) in [5, 5.41) is 9.25. The maximum absolute atomic E-state index is 11.8. The Morgan fingerprint density at radius 3 is 2.63 bits per heavy atom. The van der Waals surface area contributed by atoms with E-state index in [4.69, 9.17) is 14.4 Å². The molecule has 0 aliphatic carbocycles. The summed E-state index contributed by atoms with van der Waals surface area (Å²) in [5.41, 5.74) is 2.01. The second kappa shape index (κ2) is 4.74. The third-order valence-electron chi connectivity index (χ3n) is 2.93. The number of rotatable bonds is 2. The molecule has 2 aromatic rings. The van der Waals surface area contributed by atoms with Crippen LogP contribution in [0.2, 0.25) is 0 Å². The normalized spacial score (nSPS) is 10.5. The predicted octanol–water partition coefficient (Wildman–Crippen LogP) is 1.54. The molecule has 0 aliphatic heterocycles. The van der Waals surface area contributed by atoms with Crippen LogP contribution in [-0.2, 0) is 0 Å². The van der Waals surface area contributed by atoms with Crippen molar-refractivity contribution in [2.75, 3.05) is 7.11 Å². The number of hydroxylamine groups is 1. The van der Waals surface area contributed by atoms with Gasteiger partial charge in [-0.15, -0.1) is 0 Å². The van der Waals surface area contributed by atoms with Gasteiger partial charge in [-0.05, 0) is 37.1 Å². The highest BCUT2D eigenvalue weighted by molar-refractivity contribution is 5.99. The minimum atomic E-state index is -0.895.